The van der Waals surface area contributed by atoms with Crippen molar-refractivity contribution in [3.63, 3.8) is 0 Å². The molecule has 41 heavy (non-hydrogen) atoms. The molecule has 0 aliphatic carbocycles. The summed E-state index contributed by atoms with van der Waals surface area (Å²) in [6.45, 7) is 6.17. The Bertz CT molecular complexity index is 1600. The van der Waals surface area contributed by atoms with Gasteiger partial charge in [-0.2, -0.15) is 9.97 Å². The number of nitrogens with one attached hydrogen (secondary N) is 2. The van der Waals surface area contributed by atoms with E-state index < -0.39 is 17.0 Å². The van der Waals surface area contributed by atoms with E-state index in [0.717, 1.165) is 16.7 Å². The van der Waals surface area contributed by atoms with Crippen LogP contribution in [-0.2, 0) is 15.1 Å². The number of aromatic amines is 2. The van der Waals surface area contributed by atoms with Gasteiger partial charge in [-0.25, -0.2) is 0 Å². The van der Waals surface area contributed by atoms with Gasteiger partial charge in [-0.1, -0.05) is 105 Å². The summed E-state index contributed by atoms with van der Waals surface area (Å²) in [6.07, 6.45) is 0. The van der Waals surface area contributed by atoms with E-state index in [1.165, 1.54) is 0 Å². The van der Waals surface area contributed by atoms with E-state index in [-0.39, 0.29) is 23.0 Å². The Morgan fingerprint density at radius 3 is 1.83 bits per heavy atom. The number of ether oxygens (including phenoxy) is 1. The highest BCUT2D eigenvalue weighted by atomic mass is 16.5. The molecule has 208 valence electrons. The third-order valence-corrected chi connectivity index (χ3v) is 7.48. The first kappa shape index (κ1) is 26.5. The lowest BCUT2D eigenvalue weighted by atomic mass is 9.75. The van der Waals surface area contributed by atoms with E-state index >= 15 is 0 Å². The van der Waals surface area contributed by atoms with Crippen molar-refractivity contribution in [2.45, 2.75) is 19.4 Å². The molecule has 0 bridgehead atoms. The summed E-state index contributed by atoms with van der Waals surface area (Å²) in [5, 5.41) is 0. The molecule has 1 fully saturated rings. The molecule has 5 aromatic rings. The highest BCUT2D eigenvalue weighted by Gasteiger charge is 2.47. The van der Waals surface area contributed by atoms with Crippen LogP contribution < -0.4 is 15.4 Å². The normalized spacial score (nSPS) is 14.0. The van der Waals surface area contributed by atoms with Gasteiger partial charge in [0, 0.05) is 19.0 Å². The second-order valence-corrected chi connectivity index (χ2v) is 10.4. The van der Waals surface area contributed by atoms with Crippen molar-refractivity contribution in [1.82, 2.24) is 19.9 Å². The maximum absolute atomic E-state index is 14.4. The van der Waals surface area contributed by atoms with Gasteiger partial charge in [0.2, 0.25) is 17.8 Å². The molecule has 1 aliphatic heterocycles. The first-order valence-corrected chi connectivity index (χ1v) is 13.8. The molecule has 0 saturated carbocycles. The molecule has 6 rings (SSSR count). The van der Waals surface area contributed by atoms with Crippen LogP contribution in [0.15, 0.2) is 95.8 Å². The van der Waals surface area contributed by atoms with Crippen LogP contribution in [0, 0.1) is 5.92 Å². The third-order valence-electron chi connectivity index (χ3n) is 7.48. The summed E-state index contributed by atoms with van der Waals surface area (Å²) >= 11 is 0. The first-order chi connectivity index (χ1) is 20.0. The van der Waals surface area contributed by atoms with Gasteiger partial charge >= 0.3 is 0 Å². The largest absolute Gasteiger partial charge is 0.378 e. The number of H-pyrrole nitrogens is 2. The number of hydrogen-bond donors (Lipinski definition) is 2. The zero-order chi connectivity index (χ0) is 28.4. The Kier molecular flexibility index (Phi) is 7.11. The first-order valence-electron chi connectivity index (χ1n) is 13.8. The van der Waals surface area contributed by atoms with Gasteiger partial charge in [0.25, 0.3) is 5.56 Å². The number of anilines is 2. The molecule has 2 N–H and O–H groups in total. The molecule has 1 aliphatic rings. The minimum absolute atomic E-state index is 0.123. The van der Waals surface area contributed by atoms with Gasteiger partial charge in [-0.05, 0) is 16.7 Å². The molecule has 0 unspecified atom stereocenters. The molecule has 1 saturated heterocycles. The Hall–Kier alpha value is -4.76. The van der Waals surface area contributed by atoms with Gasteiger partial charge in [-0.15, -0.1) is 0 Å². The molecule has 9 nitrogen and oxygen atoms in total. The van der Waals surface area contributed by atoms with Crippen LogP contribution in [0.4, 0.5) is 11.9 Å². The van der Waals surface area contributed by atoms with Crippen molar-refractivity contribution >= 4 is 29.0 Å². The number of carbonyl (C=O) groups is 1. The topological polar surface area (TPSA) is 107 Å². The van der Waals surface area contributed by atoms with E-state index in [1.807, 2.05) is 110 Å². The van der Waals surface area contributed by atoms with E-state index in [2.05, 4.69) is 9.97 Å². The number of benzene rings is 3. The lowest BCUT2D eigenvalue weighted by molar-refractivity contribution is -0.122. The average Bonchev–Trinajstić information content (AvgIpc) is 3.46. The van der Waals surface area contributed by atoms with Crippen LogP contribution in [0.2, 0.25) is 0 Å². The van der Waals surface area contributed by atoms with Crippen molar-refractivity contribution < 1.29 is 9.53 Å². The molecule has 1 amide bonds. The zero-order valence-electron chi connectivity index (χ0n) is 23.1. The second kappa shape index (κ2) is 11.0. The molecule has 2 aromatic heterocycles. The van der Waals surface area contributed by atoms with E-state index in [9.17, 15) is 9.59 Å². The summed E-state index contributed by atoms with van der Waals surface area (Å²) in [7, 11) is 0. The van der Waals surface area contributed by atoms with Crippen molar-refractivity contribution in [1.29, 1.82) is 0 Å². The number of hydrogen-bond acceptors (Lipinski definition) is 6. The number of fused-ring (bicyclic) bond motifs is 1. The van der Waals surface area contributed by atoms with E-state index in [4.69, 9.17) is 14.7 Å². The maximum Gasteiger partial charge on any atom is 0.278 e. The predicted octanol–water partition coefficient (Wildman–Crippen LogP) is 4.46. The molecule has 0 atom stereocenters. The Labute approximate surface area is 237 Å². The highest BCUT2D eigenvalue weighted by molar-refractivity contribution is 5.97. The summed E-state index contributed by atoms with van der Waals surface area (Å²) < 4.78 is 5.47. The van der Waals surface area contributed by atoms with Crippen LogP contribution in [0.1, 0.15) is 30.5 Å². The number of amides is 1. The summed E-state index contributed by atoms with van der Waals surface area (Å²) in [5.41, 5.74) is 1.51. The molecular formula is C32H32N6O3. The second-order valence-electron chi connectivity index (χ2n) is 10.4. The van der Waals surface area contributed by atoms with Gasteiger partial charge in [0.1, 0.15) is 5.54 Å². The van der Waals surface area contributed by atoms with Gasteiger partial charge < -0.3 is 14.6 Å². The van der Waals surface area contributed by atoms with Crippen LogP contribution in [0.5, 0.6) is 0 Å². The summed E-state index contributed by atoms with van der Waals surface area (Å²) in [4.78, 5) is 47.3. The minimum atomic E-state index is -1.15. The van der Waals surface area contributed by atoms with Crippen molar-refractivity contribution in [3.8, 4) is 0 Å². The van der Waals surface area contributed by atoms with E-state index in [0.29, 0.717) is 32.3 Å². The quantitative estimate of drug-likeness (QED) is 0.291. The standard InChI is InChI=1S/C32H32N6O3/c1-22(2)29(40)38(31-35-27-26(28(39)36-31)33-30(34-27)37-18-20-41-21-19-37)32(23-12-6-3-7-13-23,24-14-8-4-9-15-24)25-16-10-5-11-17-25/h3-17,22H,18-21H2,1-2H3,(H2,33,34,35,36,39). The fourth-order valence-electron chi connectivity index (χ4n) is 5.53. The smallest absolute Gasteiger partial charge is 0.278 e. The zero-order valence-corrected chi connectivity index (χ0v) is 23.1. The van der Waals surface area contributed by atoms with Crippen molar-refractivity contribution in [3.05, 3.63) is 118 Å². The van der Waals surface area contributed by atoms with Crippen LogP contribution in [0.3, 0.4) is 0 Å². The molecule has 9 heteroatoms. The average molecular weight is 549 g/mol. The van der Waals surface area contributed by atoms with Crippen LogP contribution >= 0.6 is 0 Å². The van der Waals surface area contributed by atoms with Gasteiger partial charge in [0.15, 0.2) is 11.2 Å². The molecular weight excluding hydrogens is 516 g/mol. The van der Waals surface area contributed by atoms with Crippen LogP contribution in [0.25, 0.3) is 11.2 Å². The lowest BCUT2D eigenvalue weighted by Gasteiger charge is -2.45. The SMILES string of the molecule is CC(C)C(=O)N(c1nc2nc(N3CCOCC3)[nH]c2c(=O)[nH]1)C(c1ccccc1)(c1ccccc1)c1ccccc1. The number of carbonyl (C=O) groups excluding carboxylic acids is 1. The number of aromatic nitrogens is 4. The summed E-state index contributed by atoms with van der Waals surface area (Å²) in [5.74, 6) is 0.0704. The summed E-state index contributed by atoms with van der Waals surface area (Å²) in [6, 6.07) is 29.6. The number of nitrogens with zero attached hydrogens (tertiary/aromatic N) is 4. The fraction of sp³-hybridized carbons (Fsp3) is 0.250. The van der Waals surface area contributed by atoms with Crippen molar-refractivity contribution in [2.24, 2.45) is 5.92 Å². The Morgan fingerprint density at radius 1 is 0.829 bits per heavy atom. The number of morpholine rings is 1. The number of rotatable bonds is 7. The number of imidazole rings is 1. The fourth-order valence-corrected chi connectivity index (χ4v) is 5.53. The molecule has 0 radical (unpaired) electrons. The van der Waals surface area contributed by atoms with Gasteiger partial charge in [0.05, 0.1) is 13.2 Å². The monoisotopic (exact) mass is 548 g/mol. The maximum atomic E-state index is 14.4. The van der Waals surface area contributed by atoms with E-state index in [1.54, 1.807) is 4.90 Å². The third kappa shape index (κ3) is 4.68. The minimum Gasteiger partial charge on any atom is -0.378 e. The van der Waals surface area contributed by atoms with Gasteiger partial charge in [-0.3, -0.25) is 19.5 Å². The highest BCUT2D eigenvalue weighted by Crippen LogP contribution is 2.44. The molecule has 3 aromatic carbocycles. The molecule has 3 heterocycles. The molecule has 0 spiro atoms. The van der Waals surface area contributed by atoms with Crippen molar-refractivity contribution in [2.75, 3.05) is 36.1 Å². The lowest BCUT2D eigenvalue weighted by Crippen LogP contribution is -2.54. The Balaban J connectivity index is 1.66. The Morgan fingerprint density at radius 2 is 1.34 bits per heavy atom. The van der Waals surface area contributed by atoms with Crippen LogP contribution in [-0.4, -0.2) is 52.1 Å². The predicted molar refractivity (Wildman–Crippen MR) is 159 cm³/mol.